The Bertz CT molecular complexity index is 2250. The van der Waals surface area contributed by atoms with Gasteiger partial charge < -0.3 is 20.8 Å². The van der Waals surface area contributed by atoms with Crippen LogP contribution in [0.3, 0.4) is 0 Å². The van der Waals surface area contributed by atoms with Crippen LogP contribution in [0.1, 0.15) is 87.1 Å². The number of aliphatic carboxylic acids is 1. The van der Waals surface area contributed by atoms with E-state index in [0.29, 0.717) is 30.8 Å². The molecular weight excluding hydrogens is 771 g/mol. The van der Waals surface area contributed by atoms with E-state index < -0.39 is 47.0 Å². The largest absolute Gasteiger partial charge is 1.00 e. The number of carbonyl (C=O) groups excluding carboxylic acids is 3. The summed E-state index contributed by atoms with van der Waals surface area (Å²) in [5.41, 5.74) is 3.50. The number of aliphatic imine (C=N–C) groups is 1. The van der Waals surface area contributed by atoms with E-state index in [1.807, 2.05) is 57.2 Å². The van der Waals surface area contributed by atoms with Crippen molar-refractivity contribution in [1.82, 2.24) is 46.0 Å². The number of H-pyrrole nitrogens is 1. The van der Waals surface area contributed by atoms with Gasteiger partial charge in [0.25, 0.3) is 11.8 Å². The minimum atomic E-state index is -1.15. The van der Waals surface area contributed by atoms with Crippen molar-refractivity contribution >= 4 is 29.7 Å². The average Bonchev–Trinajstić information content (AvgIpc) is 3.88. The first-order valence-electron chi connectivity index (χ1n) is 19.1. The number of rotatable bonds is 16. The molecule has 304 valence electrons. The fraction of sp³-hybridized carbons (Fsp3) is 0.366. The van der Waals surface area contributed by atoms with Crippen LogP contribution >= 0.6 is 0 Å². The standard InChI is InChI=1S/C30H29FN8O3.C11H18N2O3.Na/c1-2-7-22-16-27(30(42)33-21(15-28(40)41)14-20-8-3-6-11-25(20)31)36-39(22)18-19-12-13-26(32-17-19)23-9-4-5-10-24(23)29-34-37-38-35-29;1-4-6-7(3)11(5-2)8(14)12-10(16)13-9(11)15;/h3-6,8-13,16-17,21H,2,7,14-15,18H2,1H3,(H,33,42)(H,40,41)(H,34,35,37,38);7H,4-6H2,1-3H3,(H2,12,13,14,15,16);/q;;+1/p-1/t21-;;/m1../s1. The van der Waals surface area contributed by atoms with Crippen molar-refractivity contribution in [3.05, 3.63) is 101 Å². The Balaban J connectivity index is 0.000000382. The summed E-state index contributed by atoms with van der Waals surface area (Å²) in [6, 6.07) is 17.7. The van der Waals surface area contributed by atoms with Crippen molar-refractivity contribution in [3.8, 4) is 22.6 Å². The molecule has 59 heavy (non-hydrogen) atoms. The molecule has 2 aromatic carbocycles. The Morgan fingerprint density at radius 1 is 1.02 bits per heavy atom. The maximum atomic E-state index is 14.2. The third kappa shape index (κ3) is 11.3. The summed E-state index contributed by atoms with van der Waals surface area (Å²) < 4.78 is 16.0. The fourth-order valence-electron chi connectivity index (χ4n) is 7.06. The number of amidine groups is 1. The number of carboxylic acids is 1. The number of tetrazole rings is 1. The molecule has 5 aromatic rings. The van der Waals surface area contributed by atoms with Crippen LogP contribution in [0.2, 0.25) is 0 Å². The molecule has 2 unspecified atom stereocenters. The Morgan fingerprint density at radius 3 is 2.36 bits per heavy atom. The van der Waals surface area contributed by atoms with Gasteiger partial charge in [0, 0.05) is 29.1 Å². The van der Waals surface area contributed by atoms with Gasteiger partial charge in [-0.1, -0.05) is 89.1 Å². The average molecular weight is 817 g/mol. The van der Waals surface area contributed by atoms with E-state index in [4.69, 9.17) is 0 Å². The molecule has 3 atom stereocenters. The minimum absolute atomic E-state index is 0. The Hall–Kier alpha value is -5.65. The van der Waals surface area contributed by atoms with Crippen molar-refractivity contribution in [2.24, 2.45) is 16.3 Å². The monoisotopic (exact) mass is 816 g/mol. The zero-order valence-electron chi connectivity index (χ0n) is 33.7. The smallest absolute Gasteiger partial charge is 0.846 e. The zero-order valence-corrected chi connectivity index (χ0v) is 35.7. The van der Waals surface area contributed by atoms with E-state index in [2.05, 4.69) is 46.3 Å². The van der Waals surface area contributed by atoms with Crippen molar-refractivity contribution in [2.75, 3.05) is 0 Å². The summed E-state index contributed by atoms with van der Waals surface area (Å²) in [7, 11) is 0. The van der Waals surface area contributed by atoms with Crippen LogP contribution in [0.25, 0.3) is 22.6 Å². The second-order valence-corrected chi connectivity index (χ2v) is 14.0. The summed E-state index contributed by atoms with van der Waals surface area (Å²) in [5, 5.41) is 44.0. The van der Waals surface area contributed by atoms with Crippen molar-refractivity contribution < 1.29 is 63.3 Å². The molecule has 4 N–H and O–H groups in total. The summed E-state index contributed by atoms with van der Waals surface area (Å²) in [5.74, 6) is -2.78. The van der Waals surface area contributed by atoms with Crippen molar-refractivity contribution in [1.29, 1.82) is 0 Å². The second-order valence-electron chi connectivity index (χ2n) is 14.0. The van der Waals surface area contributed by atoms with Gasteiger partial charge in [-0.25, -0.2) is 9.38 Å². The summed E-state index contributed by atoms with van der Waals surface area (Å²) >= 11 is 0. The third-order valence-electron chi connectivity index (χ3n) is 10.1. The maximum Gasteiger partial charge on any atom is 1.00 e. The number of carbonyl (C=O) groups is 4. The van der Waals surface area contributed by atoms with Gasteiger partial charge in [-0.15, -0.1) is 10.2 Å². The van der Waals surface area contributed by atoms with E-state index >= 15 is 0 Å². The number of aromatic nitrogens is 7. The number of hydrogen-bond acceptors (Lipinski definition) is 10. The van der Waals surface area contributed by atoms with Crippen molar-refractivity contribution in [2.45, 2.75) is 85.2 Å². The molecule has 0 aliphatic carbocycles. The number of nitrogens with one attached hydrogen (secondary N) is 3. The number of nitrogens with zero attached hydrogens (tertiary/aromatic N) is 7. The number of hydrogen-bond donors (Lipinski definition) is 4. The van der Waals surface area contributed by atoms with Crippen LogP contribution < -0.4 is 45.3 Å². The SMILES string of the molecule is CCCC(C)C1(CC)C(=O)N=C([O-])NC1=O.CCCc1cc(C(=O)N[C@@H](CC(=O)O)Cc2ccccc2F)nn1Cc1ccc(-c2ccccc2-c2nn[nH]n2)nc1.[Na+]. The Morgan fingerprint density at radius 2 is 1.75 bits per heavy atom. The molecule has 0 bridgehead atoms. The van der Waals surface area contributed by atoms with Crippen LogP contribution in [-0.4, -0.2) is 76.2 Å². The Labute approximate surface area is 362 Å². The van der Waals surface area contributed by atoms with Gasteiger partial charge in [0.2, 0.25) is 11.7 Å². The van der Waals surface area contributed by atoms with Gasteiger partial charge in [-0.2, -0.15) is 10.3 Å². The van der Waals surface area contributed by atoms with Gasteiger partial charge in [0.05, 0.1) is 24.7 Å². The molecule has 1 aliphatic heterocycles. The molecule has 0 radical (unpaired) electrons. The molecule has 0 saturated heterocycles. The van der Waals surface area contributed by atoms with Crippen molar-refractivity contribution in [3.63, 3.8) is 0 Å². The van der Waals surface area contributed by atoms with Gasteiger partial charge in [0.1, 0.15) is 16.9 Å². The first-order valence-corrected chi connectivity index (χ1v) is 19.1. The first-order chi connectivity index (χ1) is 27.9. The number of aromatic amines is 1. The molecule has 4 heterocycles. The number of amides is 3. The normalized spacial score (nSPS) is 15.8. The maximum absolute atomic E-state index is 14.2. The van der Waals surface area contributed by atoms with Crippen LogP contribution in [0.4, 0.5) is 4.39 Å². The van der Waals surface area contributed by atoms with E-state index in [1.54, 1.807) is 42.1 Å². The van der Waals surface area contributed by atoms with Gasteiger partial charge in [-0.3, -0.25) is 28.8 Å². The number of halogens is 1. The van der Waals surface area contributed by atoms with Crippen LogP contribution in [0.5, 0.6) is 0 Å². The molecule has 0 saturated carbocycles. The van der Waals surface area contributed by atoms with E-state index in [9.17, 15) is 33.8 Å². The first kappa shape index (κ1) is 46.0. The van der Waals surface area contributed by atoms with E-state index in [1.165, 1.54) is 6.07 Å². The molecule has 6 rings (SSSR count). The van der Waals surface area contributed by atoms with Crippen LogP contribution in [0, 0.1) is 17.2 Å². The van der Waals surface area contributed by atoms with E-state index in [-0.39, 0.29) is 54.0 Å². The summed E-state index contributed by atoms with van der Waals surface area (Å²) in [6.45, 7) is 8.04. The Kier molecular flexibility index (Phi) is 16.7. The summed E-state index contributed by atoms with van der Waals surface area (Å²) in [4.78, 5) is 56.3. The molecule has 3 amide bonds. The third-order valence-corrected chi connectivity index (χ3v) is 10.1. The molecule has 3 aromatic heterocycles. The van der Waals surface area contributed by atoms with Gasteiger partial charge in [0.15, 0.2) is 0 Å². The number of benzene rings is 2. The molecule has 18 heteroatoms. The number of carboxylic acid groups (broad SMARTS) is 1. The molecule has 0 fully saturated rings. The number of pyridine rings is 1. The predicted octanol–water partition coefficient (Wildman–Crippen LogP) is 1.28. The predicted molar refractivity (Wildman–Crippen MR) is 209 cm³/mol. The molecule has 16 nitrogen and oxygen atoms in total. The molecular formula is C41H46FN10NaO6. The second kappa shape index (κ2) is 21.4. The molecule has 1 aliphatic rings. The zero-order chi connectivity index (χ0) is 41.8. The van der Waals surface area contributed by atoms with Gasteiger partial charge in [-0.05, 0) is 66.1 Å². The van der Waals surface area contributed by atoms with E-state index in [0.717, 1.165) is 47.3 Å². The molecule has 0 spiro atoms. The topological polar surface area (TPSA) is 233 Å². The van der Waals surface area contributed by atoms with Crippen LogP contribution in [-0.2, 0) is 33.8 Å². The quantitative estimate of drug-likeness (QED) is 0.0818. The number of aryl methyl sites for hydroxylation is 1. The van der Waals surface area contributed by atoms with Crippen LogP contribution in [0.15, 0.2) is 77.9 Å². The van der Waals surface area contributed by atoms with Gasteiger partial charge >= 0.3 is 35.5 Å². The summed E-state index contributed by atoms with van der Waals surface area (Å²) in [6.07, 6.45) is 5.00. The minimum Gasteiger partial charge on any atom is -0.846 e. The fourth-order valence-corrected chi connectivity index (χ4v) is 7.06.